The maximum absolute atomic E-state index is 13.5. The summed E-state index contributed by atoms with van der Waals surface area (Å²) >= 11 is 5.83. The maximum Gasteiger partial charge on any atom is 0.339 e. The van der Waals surface area contributed by atoms with Crippen LogP contribution in [0.5, 0.6) is 0 Å². The van der Waals surface area contributed by atoms with Crippen LogP contribution in [0.4, 0.5) is 10.1 Å². The minimum absolute atomic E-state index is 0.0514. The molecule has 4 nitrogen and oxygen atoms in total. The van der Waals surface area contributed by atoms with Crippen LogP contribution < -0.4 is 5.32 Å². The zero-order valence-corrected chi connectivity index (χ0v) is 13.4. The quantitative estimate of drug-likeness (QED) is 0.860. The van der Waals surface area contributed by atoms with Crippen LogP contribution in [-0.4, -0.2) is 18.0 Å². The number of amides is 1. The molecule has 6 heteroatoms. The fourth-order valence-electron chi connectivity index (χ4n) is 1.81. The molecule has 0 aliphatic rings. The van der Waals surface area contributed by atoms with Crippen LogP contribution in [0.3, 0.4) is 0 Å². The van der Waals surface area contributed by atoms with E-state index < -0.39 is 23.8 Å². The number of nitrogens with one attached hydrogen (secondary N) is 1. The average Bonchev–Trinajstić information content (AvgIpc) is 2.49. The Bertz CT molecular complexity index is 748. The van der Waals surface area contributed by atoms with E-state index in [4.69, 9.17) is 16.3 Å². The van der Waals surface area contributed by atoms with Crippen molar-refractivity contribution in [1.29, 1.82) is 0 Å². The van der Waals surface area contributed by atoms with E-state index in [9.17, 15) is 14.0 Å². The lowest BCUT2D eigenvalue weighted by atomic mass is 10.1. The predicted octanol–water partition coefficient (Wildman–Crippen LogP) is 3.97. The van der Waals surface area contributed by atoms with E-state index in [-0.39, 0.29) is 5.56 Å². The Hall–Kier alpha value is -2.40. The number of esters is 1. The molecule has 23 heavy (non-hydrogen) atoms. The molecule has 0 aliphatic heterocycles. The molecule has 1 amide bonds. The molecule has 0 spiro atoms. The minimum Gasteiger partial charge on any atom is -0.449 e. The van der Waals surface area contributed by atoms with Gasteiger partial charge in [0.2, 0.25) is 0 Å². The Morgan fingerprint density at radius 3 is 2.61 bits per heavy atom. The highest BCUT2D eigenvalue weighted by Gasteiger charge is 2.19. The molecule has 120 valence electrons. The molecule has 0 aliphatic carbocycles. The Labute approximate surface area is 138 Å². The first kappa shape index (κ1) is 17.0. The van der Waals surface area contributed by atoms with Gasteiger partial charge in [0.15, 0.2) is 6.10 Å². The fourth-order valence-corrected chi connectivity index (χ4v) is 2.00. The third kappa shape index (κ3) is 4.53. The third-order valence-electron chi connectivity index (χ3n) is 3.15. The number of carbonyl (C=O) groups excluding carboxylic acids is 2. The van der Waals surface area contributed by atoms with Gasteiger partial charge in [-0.2, -0.15) is 0 Å². The van der Waals surface area contributed by atoms with Gasteiger partial charge in [0.05, 0.1) is 5.56 Å². The highest BCUT2D eigenvalue weighted by molar-refractivity contribution is 6.30. The molecule has 0 saturated carbocycles. The van der Waals surface area contributed by atoms with Crippen LogP contribution in [0, 0.1) is 12.7 Å². The highest BCUT2D eigenvalue weighted by Crippen LogP contribution is 2.16. The van der Waals surface area contributed by atoms with E-state index in [0.717, 1.165) is 6.07 Å². The summed E-state index contributed by atoms with van der Waals surface area (Å²) in [4.78, 5) is 23.9. The first-order valence-electron chi connectivity index (χ1n) is 6.90. The lowest BCUT2D eigenvalue weighted by molar-refractivity contribution is -0.123. The van der Waals surface area contributed by atoms with Gasteiger partial charge in [0.25, 0.3) is 5.91 Å². The monoisotopic (exact) mass is 335 g/mol. The van der Waals surface area contributed by atoms with E-state index >= 15 is 0 Å². The zero-order valence-electron chi connectivity index (χ0n) is 12.6. The molecule has 2 aromatic rings. The van der Waals surface area contributed by atoms with Crippen molar-refractivity contribution in [2.75, 3.05) is 5.32 Å². The molecule has 2 aromatic carbocycles. The fraction of sp³-hybridized carbons (Fsp3) is 0.176. The third-order valence-corrected chi connectivity index (χ3v) is 3.39. The van der Waals surface area contributed by atoms with E-state index in [1.807, 2.05) is 0 Å². The largest absolute Gasteiger partial charge is 0.449 e. The molecule has 0 saturated heterocycles. The summed E-state index contributed by atoms with van der Waals surface area (Å²) in [6.07, 6.45) is -1.04. The first-order valence-corrected chi connectivity index (χ1v) is 7.28. The van der Waals surface area contributed by atoms with Crippen molar-refractivity contribution in [2.45, 2.75) is 20.0 Å². The number of rotatable bonds is 4. The molecule has 0 aromatic heterocycles. The average molecular weight is 336 g/mol. The number of aryl methyl sites for hydroxylation is 1. The SMILES string of the molecule is Cc1ccc(C(=O)O[C@H](C)C(=O)Nc2cccc(Cl)c2)cc1F. The second-order valence-electron chi connectivity index (χ2n) is 5.01. The first-order chi connectivity index (χ1) is 10.9. The summed E-state index contributed by atoms with van der Waals surface area (Å²) in [5.41, 5.74) is 0.968. The van der Waals surface area contributed by atoms with E-state index in [0.29, 0.717) is 16.3 Å². The lowest BCUT2D eigenvalue weighted by Crippen LogP contribution is -2.30. The van der Waals surface area contributed by atoms with Gasteiger partial charge in [0.1, 0.15) is 5.82 Å². The van der Waals surface area contributed by atoms with Crippen LogP contribution in [0.25, 0.3) is 0 Å². The van der Waals surface area contributed by atoms with Gasteiger partial charge in [-0.05, 0) is 49.7 Å². The van der Waals surface area contributed by atoms with Crippen LogP contribution in [0.1, 0.15) is 22.8 Å². The van der Waals surface area contributed by atoms with Crippen LogP contribution >= 0.6 is 11.6 Å². The molecule has 0 heterocycles. The van der Waals surface area contributed by atoms with Crippen LogP contribution in [-0.2, 0) is 9.53 Å². The van der Waals surface area contributed by atoms with Gasteiger partial charge in [-0.1, -0.05) is 23.7 Å². The van der Waals surface area contributed by atoms with Crippen molar-refractivity contribution < 1.29 is 18.7 Å². The topological polar surface area (TPSA) is 55.4 Å². The number of ether oxygens (including phenoxy) is 1. The Kier molecular flexibility index (Phi) is 5.34. The Morgan fingerprint density at radius 2 is 1.96 bits per heavy atom. The smallest absolute Gasteiger partial charge is 0.339 e. The number of carbonyl (C=O) groups is 2. The van der Waals surface area contributed by atoms with Gasteiger partial charge in [0, 0.05) is 10.7 Å². The Morgan fingerprint density at radius 1 is 1.22 bits per heavy atom. The van der Waals surface area contributed by atoms with Gasteiger partial charge >= 0.3 is 5.97 Å². The van der Waals surface area contributed by atoms with Crippen LogP contribution in [0.15, 0.2) is 42.5 Å². The molecular formula is C17H15ClFNO3. The van der Waals surface area contributed by atoms with Crippen molar-refractivity contribution in [3.63, 3.8) is 0 Å². The summed E-state index contributed by atoms with van der Waals surface area (Å²) in [5.74, 6) is -1.78. The molecular weight excluding hydrogens is 321 g/mol. The Balaban J connectivity index is 2.00. The number of hydrogen-bond donors (Lipinski definition) is 1. The number of halogens is 2. The molecule has 2 rings (SSSR count). The summed E-state index contributed by atoms with van der Waals surface area (Å²) < 4.78 is 18.5. The summed E-state index contributed by atoms with van der Waals surface area (Å²) in [5, 5.41) is 3.06. The number of hydrogen-bond acceptors (Lipinski definition) is 3. The maximum atomic E-state index is 13.5. The molecule has 0 bridgehead atoms. The van der Waals surface area contributed by atoms with Crippen molar-refractivity contribution in [1.82, 2.24) is 0 Å². The zero-order chi connectivity index (χ0) is 17.0. The molecule has 0 unspecified atom stereocenters. The summed E-state index contributed by atoms with van der Waals surface area (Å²) in [6, 6.07) is 10.6. The number of anilines is 1. The number of benzene rings is 2. The van der Waals surface area contributed by atoms with E-state index in [1.54, 1.807) is 31.2 Å². The van der Waals surface area contributed by atoms with Crippen molar-refractivity contribution >= 4 is 29.2 Å². The van der Waals surface area contributed by atoms with Gasteiger partial charge in [-0.25, -0.2) is 9.18 Å². The second kappa shape index (κ2) is 7.24. The summed E-state index contributed by atoms with van der Waals surface area (Å²) in [6.45, 7) is 3.02. The van der Waals surface area contributed by atoms with Gasteiger partial charge in [-0.15, -0.1) is 0 Å². The predicted molar refractivity (Wildman–Crippen MR) is 86.1 cm³/mol. The molecule has 1 N–H and O–H groups in total. The highest BCUT2D eigenvalue weighted by atomic mass is 35.5. The molecule has 1 atom stereocenters. The van der Waals surface area contributed by atoms with E-state index in [2.05, 4.69) is 5.32 Å². The van der Waals surface area contributed by atoms with Crippen molar-refractivity contribution in [2.24, 2.45) is 0 Å². The van der Waals surface area contributed by atoms with Gasteiger partial charge < -0.3 is 10.1 Å². The molecule has 0 radical (unpaired) electrons. The van der Waals surface area contributed by atoms with Crippen molar-refractivity contribution in [3.8, 4) is 0 Å². The molecule has 0 fully saturated rings. The van der Waals surface area contributed by atoms with Crippen molar-refractivity contribution in [3.05, 3.63) is 64.4 Å². The minimum atomic E-state index is -1.04. The normalized spacial score (nSPS) is 11.7. The van der Waals surface area contributed by atoms with Crippen LogP contribution in [0.2, 0.25) is 5.02 Å². The van der Waals surface area contributed by atoms with Gasteiger partial charge in [-0.3, -0.25) is 4.79 Å². The second-order valence-corrected chi connectivity index (χ2v) is 5.45. The van der Waals surface area contributed by atoms with E-state index in [1.165, 1.54) is 19.1 Å². The summed E-state index contributed by atoms with van der Waals surface area (Å²) in [7, 11) is 0. The standard InChI is InChI=1S/C17H15ClFNO3/c1-10-6-7-12(8-15(10)19)17(22)23-11(2)16(21)20-14-5-3-4-13(18)9-14/h3-9,11H,1-2H3,(H,20,21)/t11-/m1/s1. The lowest BCUT2D eigenvalue weighted by Gasteiger charge is -2.14.